The minimum atomic E-state index is 0.575. The molecule has 0 radical (unpaired) electrons. The second-order valence-corrected chi connectivity index (χ2v) is 6.82. The molecule has 2 aromatic rings. The number of hydrogen-bond acceptors (Lipinski definition) is 5. The summed E-state index contributed by atoms with van der Waals surface area (Å²) in [6.07, 6.45) is 1.69. The Balaban J connectivity index is 2.08. The number of thiazole rings is 1. The molecule has 24 heavy (non-hydrogen) atoms. The van der Waals surface area contributed by atoms with Crippen molar-refractivity contribution < 1.29 is 4.52 Å². The maximum Gasteiger partial charge on any atom is 0.191 e. The van der Waals surface area contributed by atoms with Crippen LogP contribution in [-0.2, 0) is 25.9 Å². The quantitative estimate of drug-likeness (QED) is 0.593. The van der Waals surface area contributed by atoms with Crippen LogP contribution in [-0.4, -0.2) is 22.6 Å². The van der Waals surface area contributed by atoms with Crippen LogP contribution in [0.1, 0.15) is 53.4 Å². The molecular formula is C17H27N5OS. The predicted octanol–water partition coefficient (Wildman–Crippen LogP) is 3.13. The van der Waals surface area contributed by atoms with E-state index in [2.05, 4.69) is 41.5 Å². The van der Waals surface area contributed by atoms with Gasteiger partial charge < -0.3 is 15.2 Å². The van der Waals surface area contributed by atoms with Crippen LogP contribution in [0.3, 0.4) is 0 Å². The van der Waals surface area contributed by atoms with Gasteiger partial charge in [-0.25, -0.2) is 9.98 Å². The number of nitrogens with zero attached hydrogens (tertiary/aromatic N) is 3. The fourth-order valence-electron chi connectivity index (χ4n) is 2.52. The number of nitrogens with one attached hydrogen (secondary N) is 2. The molecule has 7 heteroatoms. The third-order valence-electron chi connectivity index (χ3n) is 3.76. The summed E-state index contributed by atoms with van der Waals surface area (Å²) in [5, 5.41) is 11.9. The van der Waals surface area contributed by atoms with Crippen LogP contribution in [0.5, 0.6) is 0 Å². The first-order valence-electron chi connectivity index (χ1n) is 8.50. The molecule has 0 saturated carbocycles. The Morgan fingerprint density at radius 2 is 1.96 bits per heavy atom. The normalized spacial score (nSPS) is 11.8. The zero-order chi connectivity index (χ0) is 17.5. The van der Waals surface area contributed by atoms with Crippen molar-refractivity contribution >= 4 is 17.3 Å². The zero-order valence-electron chi connectivity index (χ0n) is 15.2. The van der Waals surface area contributed by atoms with E-state index in [1.54, 1.807) is 11.3 Å². The Labute approximate surface area is 147 Å². The predicted molar refractivity (Wildman–Crippen MR) is 98.5 cm³/mol. The van der Waals surface area contributed by atoms with Gasteiger partial charge in [-0.05, 0) is 27.2 Å². The summed E-state index contributed by atoms with van der Waals surface area (Å²) in [5.74, 6) is 1.73. The average molecular weight is 350 g/mol. The molecule has 2 aromatic heterocycles. The first kappa shape index (κ1) is 18.4. The highest BCUT2D eigenvalue weighted by atomic mass is 32.1. The summed E-state index contributed by atoms with van der Waals surface area (Å²) in [6.45, 7) is 12.4. The van der Waals surface area contributed by atoms with Crippen LogP contribution in [0.25, 0.3) is 0 Å². The van der Waals surface area contributed by atoms with E-state index in [-0.39, 0.29) is 0 Å². The van der Waals surface area contributed by atoms with E-state index in [4.69, 9.17) is 9.52 Å². The van der Waals surface area contributed by atoms with Crippen LogP contribution >= 0.6 is 11.3 Å². The Bertz CT molecular complexity index is 668. The lowest BCUT2D eigenvalue weighted by atomic mass is 10.1. The Morgan fingerprint density at radius 3 is 2.54 bits per heavy atom. The van der Waals surface area contributed by atoms with Crippen molar-refractivity contribution in [2.24, 2.45) is 4.99 Å². The standard InChI is InChI=1S/C17H27N5OS/c1-6-14-13(15(7-2)23-22-14)9-19-17(18-8-3)20-10-16-11(4)21-12(5)24-16/h6-10H2,1-5H3,(H2,18,19,20). The zero-order valence-corrected chi connectivity index (χ0v) is 16.0. The Hall–Kier alpha value is -1.89. The molecule has 0 unspecified atom stereocenters. The van der Waals surface area contributed by atoms with Gasteiger partial charge in [-0.1, -0.05) is 19.0 Å². The van der Waals surface area contributed by atoms with Gasteiger partial charge in [-0.2, -0.15) is 0 Å². The molecule has 0 amide bonds. The van der Waals surface area contributed by atoms with E-state index in [1.807, 2.05) is 13.8 Å². The SMILES string of the molecule is CCNC(=NCc1c(CC)noc1CC)NCc1sc(C)nc1C. The molecule has 2 N–H and O–H groups in total. The summed E-state index contributed by atoms with van der Waals surface area (Å²) in [4.78, 5) is 10.4. The minimum Gasteiger partial charge on any atom is -0.361 e. The van der Waals surface area contributed by atoms with Gasteiger partial charge in [0.1, 0.15) is 5.76 Å². The number of aliphatic imine (C=N–C) groups is 1. The van der Waals surface area contributed by atoms with Crippen molar-refractivity contribution in [1.29, 1.82) is 0 Å². The van der Waals surface area contributed by atoms with Crippen molar-refractivity contribution in [2.45, 2.75) is 60.5 Å². The van der Waals surface area contributed by atoms with Crippen molar-refractivity contribution in [2.75, 3.05) is 6.54 Å². The number of rotatable bonds is 7. The van der Waals surface area contributed by atoms with E-state index >= 15 is 0 Å². The van der Waals surface area contributed by atoms with Gasteiger partial charge in [0.05, 0.1) is 29.5 Å². The van der Waals surface area contributed by atoms with Gasteiger partial charge >= 0.3 is 0 Å². The summed E-state index contributed by atoms with van der Waals surface area (Å²) < 4.78 is 5.41. The van der Waals surface area contributed by atoms with Crippen LogP contribution in [0.2, 0.25) is 0 Å². The van der Waals surface area contributed by atoms with Gasteiger partial charge in [-0.15, -0.1) is 11.3 Å². The third kappa shape index (κ3) is 4.56. The molecule has 2 heterocycles. The molecule has 0 aromatic carbocycles. The largest absolute Gasteiger partial charge is 0.361 e. The number of aryl methyl sites for hydroxylation is 4. The highest BCUT2D eigenvalue weighted by Crippen LogP contribution is 2.18. The molecule has 2 rings (SSSR count). The first-order chi connectivity index (χ1) is 11.6. The molecule has 0 spiro atoms. The fourth-order valence-corrected chi connectivity index (χ4v) is 3.39. The van der Waals surface area contributed by atoms with Gasteiger partial charge in [-0.3, -0.25) is 0 Å². The van der Waals surface area contributed by atoms with Crippen molar-refractivity contribution in [3.63, 3.8) is 0 Å². The van der Waals surface area contributed by atoms with E-state index in [1.165, 1.54) is 4.88 Å². The number of aromatic nitrogens is 2. The molecule has 0 bridgehead atoms. The van der Waals surface area contributed by atoms with Crippen LogP contribution in [0, 0.1) is 13.8 Å². The molecule has 0 fully saturated rings. The van der Waals surface area contributed by atoms with Gasteiger partial charge in [0.15, 0.2) is 5.96 Å². The Kier molecular flexibility index (Phi) is 6.78. The van der Waals surface area contributed by atoms with E-state index in [0.717, 1.165) is 59.6 Å². The molecule has 0 aliphatic carbocycles. The highest BCUT2D eigenvalue weighted by molar-refractivity contribution is 7.11. The summed E-state index contributed by atoms with van der Waals surface area (Å²) in [7, 11) is 0. The van der Waals surface area contributed by atoms with Crippen molar-refractivity contribution in [3.8, 4) is 0 Å². The van der Waals surface area contributed by atoms with Crippen LogP contribution < -0.4 is 10.6 Å². The van der Waals surface area contributed by atoms with Crippen LogP contribution in [0.4, 0.5) is 0 Å². The average Bonchev–Trinajstić information content (AvgIpc) is 3.11. The second-order valence-electron chi connectivity index (χ2n) is 5.53. The van der Waals surface area contributed by atoms with Crippen molar-refractivity contribution in [3.05, 3.63) is 32.6 Å². The minimum absolute atomic E-state index is 0.575. The first-order valence-corrected chi connectivity index (χ1v) is 9.31. The van der Waals surface area contributed by atoms with Gasteiger partial charge in [0, 0.05) is 23.4 Å². The summed E-state index contributed by atoms with van der Waals surface area (Å²) in [5.41, 5.74) is 3.20. The number of hydrogen-bond donors (Lipinski definition) is 2. The number of guanidine groups is 1. The smallest absolute Gasteiger partial charge is 0.191 e. The monoisotopic (exact) mass is 349 g/mol. The second kappa shape index (κ2) is 8.82. The van der Waals surface area contributed by atoms with Gasteiger partial charge in [0.25, 0.3) is 0 Å². The third-order valence-corrected chi connectivity index (χ3v) is 4.84. The molecule has 0 saturated heterocycles. The molecule has 6 nitrogen and oxygen atoms in total. The topological polar surface area (TPSA) is 75.3 Å². The lowest BCUT2D eigenvalue weighted by Crippen LogP contribution is -2.36. The lowest BCUT2D eigenvalue weighted by Gasteiger charge is -2.11. The fraction of sp³-hybridized carbons (Fsp3) is 0.588. The Morgan fingerprint density at radius 1 is 1.17 bits per heavy atom. The van der Waals surface area contributed by atoms with Crippen LogP contribution in [0.15, 0.2) is 9.52 Å². The van der Waals surface area contributed by atoms with Gasteiger partial charge in [0.2, 0.25) is 0 Å². The highest BCUT2D eigenvalue weighted by Gasteiger charge is 2.13. The molecule has 132 valence electrons. The van der Waals surface area contributed by atoms with E-state index in [9.17, 15) is 0 Å². The maximum atomic E-state index is 5.41. The molecule has 0 aliphatic heterocycles. The van der Waals surface area contributed by atoms with E-state index < -0.39 is 0 Å². The molecular weight excluding hydrogens is 322 g/mol. The maximum absolute atomic E-state index is 5.41. The molecule has 0 aliphatic rings. The van der Waals surface area contributed by atoms with Crippen molar-refractivity contribution in [1.82, 2.24) is 20.8 Å². The summed E-state index contributed by atoms with van der Waals surface area (Å²) >= 11 is 1.72. The van der Waals surface area contributed by atoms with E-state index in [0.29, 0.717) is 6.54 Å². The lowest BCUT2D eigenvalue weighted by molar-refractivity contribution is 0.380. The molecule has 0 atom stereocenters. The summed E-state index contributed by atoms with van der Waals surface area (Å²) in [6, 6.07) is 0.